The quantitative estimate of drug-likeness (QED) is 0.434. The van der Waals surface area contributed by atoms with E-state index in [0.717, 1.165) is 28.8 Å². The van der Waals surface area contributed by atoms with Crippen LogP contribution in [0.25, 0.3) is 5.57 Å². The predicted molar refractivity (Wildman–Crippen MR) is 142 cm³/mol. The van der Waals surface area contributed by atoms with Crippen molar-refractivity contribution in [2.45, 2.75) is 31.0 Å². The molecular formula is C30H29F2N3O4. The lowest BCUT2D eigenvalue weighted by Crippen LogP contribution is -2.54. The van der Waals surface area contributed by atoms with Gasteiger partial charge in [-0.15, -0.1) is 0 Å². The van der Waals surface area contributed by atoms with Gasteiger partial charge in [0.25, 0.3) is 5.91 Å². The standard InChI is InChI=1S/C30H29F2N3O4/c1-18(33-29(38)27(36)21-13-23(31)16-24(32)14-21)28(37)34-26-25(20-11-7-4-8-12-20)15-22(17-35(2)30(26)39)19-9-5-3-6-10-19/h3-16,18,25-27,36H,17H2,1-2H3,(H,33,38)(H,34,37)/t18-,25-,26-,27+/m0/s1. The summed E-state index contributed by atoms with van der Waals surface area (Å²) in [6.07, 6.45) is 0.0761. The van der Waals surface area contributed by atoms with Gasteiger partial charge in [-0.05, 0) is 41.3 Å². The number of hydrogen-bond donors (Lipinski definition) is 3. The molecule has 0 aromatic heterocycles. The first-order valence-corrected chi connectivity index (χ1v) is 12.4. The average Bonchev–Trinajstić information content (AvgIpc) is 3.05. The first-order valence-electron chi connectivity index (χ1n) is 12.4. The Labute approximate surface area is 225 Å². The molecule has 3 aromatic carbocycles. The van der Waals surface area contributed by atoms with Gasteiger partial charge >= 0.3 is 0 Å². The van der Waals surface area contributed by atoms with E-state index >= 15 is 0 Å². The fourth-order valence-electron chi connectivity index (χ4n) is 4.57. The third-order valence-electron chi connectivity index (χ3n) is 6.62. The van der Waals surface area contributed by atoms with Crippen LogP contribution in [0.3, 0.4) is 0 Å². The molecule has 0 aliphatic carbocycles. The van der Waals surface area contributed by atoms with Gasteiger partial charge < -0.3 is 20.6 Å². The van der Waals surface area contributed by atoms with Crippen molar-refractivity contribution in [1.29, 1.82) is 0 Å². The Morgan fingerprint density at radius 3 is 2.15 bits per heavy atom. The topological polar surface area (TPSA) is 98.7 Å². The van der Waals surface area contributed by atoms with Gasteiger partial charge in [-0.3, -0.25) is 14.4 Å². The normalized spacial score (nSPS) is 18.9. The van der Waals surface area contributed by atoms with Crippen molar-refractivity contribution >= 4 is 23.3 Å². The molecule has 202 valence electrons. The SMILES string of the molecule is C[C@H](NC(=O)[C@H](O)c1cc(F)cc(F)c1)C(=O)N[C@@H]1C(=O)N(C)CC(c2ccccc2)=C[C@H]1c1ccccc1. The summed E-state index contributed by atoms with van der Waals surface area (Å²) in [6, 6.07) is 19.1. The van der Waals surface area contributed by atoms with Gasteiger partial charge in [0.2, 0.25) is 11.8 Å². The van der Waals surface area contributed by atoms with Gasteiger partial charge in [0.1, 0.15) is 23.7 Å². The largest absolute Gasteiger partial charge is 0.378 e. The van der Waals surface area contributed by atoms with Crippen LogP contribution in [0.1, 0.15) is 35.6 Å². The minimum absolute atomic E-state index is 0.291. The van der Waals surface area contributed by atoms with E-state index in [2.05, 4.69) is 10.6 Å². The average molecular weight is 534 g/mol. The van der Waals surface area contributed by atoms with Crippen molar-refractivity contribution in [3.05, 3.63) is 113 Å². The van der Waals surface area contributed by atoms with Crippen molar-refractivity contribution in [3.63, 3.8) is 0 Å². The molecule has 0 fully saturated rings. The number of carbonyl (C=O) groups is 3. The second-order valence-corrected chi connectivity index (χ2v) is 9.51. The Kier molecular flexibility index (Phi) is 8.51. The summed E-state index contributed by atoms with van der Waals surface area (Å²) in [5.41, 5.74) is 2.40. The molecule has 4 atom stereocenters. The Balaban J connectivity index is 1.57. The summed E-state index contributed by atoms with van der Waals surface area (Å²) in [7, 11) is 1.66. The number of hydrogen-bond acceptors (Lipinski definition) is 4. The summed E-state index contributed by atoms with van der Waals surface area (Å²) in [6.45, 7) is 1.72. The maximum Gasteiger partial charge on any atom is 0.254 e. The van der Waals surface area contributed by atoms with Gasteiger partial charge in [-0.25, -0.2) is 8.78 Å². The van der Waals surface area contributed by atoms with Crippen LogP contribution in [-0.2, 0) is 14.4 Å². The number of nitrogens with one attached hydrogen (secondary N) is 2. The zero-order valence-electron chi connectivity index (χ0n) is 21.5. The molecule has 0 bridgehead atoms. The van der Waals surface area contributed by atoms with Crippen molar-refractivity contribution < 1.29 is 28.3 Å². The van der Waals surface area contributed by atoms with Crippen LogP contribution >= 0.6 is 0 Å². The number of halogens is 2. The molecule has 3 N–H and O–H groups in total. The van der Waals surface area contributed by atoms with Crippen LogP contribution in [-0.4, -0.2) is 53.4 Å². The molecule has 9 heteroatoms. The number of benzene rings is 3. The zero-order chi connectivity index (χ0) is 28.1. The highest BCUT2D eigenvalue weighted by atomic mass is 19.1. The molecule has 4 rings (SSSR count). The highest BCUT2D eigenvalue weighted by Gasteiger charge is 2.36. The van der Waals surface area contributed by atoms with Crippen LogP contribution in [0.4, 0.5) is 8.78 Å². The van der Waals surface area contributed by atoms with Crippen molar-refractivity contribution in [2.75, 3.05) is 13.6 Å². The summed E-state index contributed by atoms with van der Waals surface area (Å²) in [5, 5.41) is 15.4. The van der Waals surface area contributed by atoms with Crippen LogP contribution < -0.4 is 10.6 Å². The monoisotopic (exact) mass is 533 g/mol. The molecule has 0 saturated heterocycles. The number of aliphatic hydroxyl groups is 1. The molecule has 0 radical (unpaired) electrons. The number of likely N-dealkylation sites (N-methyl/N-ethyl adjacent to an activating group) is 1. The van der Waals surface area contributed by atoms with E-state index in [1.165, 1.54) is 11.8 Å². The number of aliphatic hydroxyl groups excluding tert-OH is 1. The first kappa shape index (κ1) is 27.7. The van der Waals surface area contributed by atoms with Crippen LogP contribution in [0, 0.1) is 11.6 Å². The Morgan fingerprint density at radius 2 is 1.54 bits per heavy atom. The lowest BCUT2D eigenvalue weighted by Gasteiger charge is -2.28. The fourth-order valence-corrected chi connectivity index (χ4v) is 4.57. The van der Waals surface area contributed by atoms with Crippen LogP contribution in [0.15, 0.2) is 84.9 Å². The van der Waals surface area contributed by atoms with Crippen LogP contribution in [0.5, 0.6) is 0 Å². The second-order valence-electron chi connectivity index (χ2n) is 9.51. The number of rotatable bonds is 7. The molecule has 7 nitrogen and oxygen atoms in total. The molecule has 0 unspecified atom stereocenters. The smallest absolute Gasteiger partial charge is 0.254 e. The molecule has 1 heterocycles. The van der Waals surface area contributed by atoms with E-state index in [4.69, 9.17) is 0 Å². The molecule has 3 aromatic rings. The Morgan fingerprint density at radius 1 is 0.949 bits per heavy atom. The molecule has 0 saturated carbocycles. The third-order valence-corrected chi connectivity index (χ3v) is 6.62. The van der Waals surface area contributed by atoms with E-state index in [-0.39, 0.29) is 11.5 Å². The van der Waals surface area contributed by atoms with Gasteiger partial charge in [0.15, 0.2) is 6.10 Å². The van der Waals surface area contributed by atoms with E-state index in [0.29, 0.717) is 12.6 Å². The van der Waals surface area contributed by atoms with Gasteiger partial charge in [0, 0.05) is 25.6 Å². The van der Waals surface area contributed by atoms with Gasteiger partial charge in [-0.1, -0.05) is 66.7 Å². The molecule has 1 aliphatic heterocycles. The van der Waals surface area contributed by atoms with E-state index < -0.39 is 47.6 Å². The fraction of sp³-hybridized carbons (Fsp3) is 0.233. The first-order chi connectivity index (χ1) is 18.6. The minimum atomic E-state index is -1.90. The zero-order valence-corrected chi connectivity index (χ0v) is 21.5. The number of carbonyl (C=O) groups excluding carboxylic acids is 3. The Bertz CT molecular complexity index is 1360. The van der Waals surface area contributed by atoms with Gasteiger partial charge in [0.05, 0.1) is 0 Å². The maximum absolute atomic E-state index is 13.5. The second kappa shape index (κ2) is 12.0. The van der Waals surface area contributed by atoms with E-state index in [9.17, 15) is 28.3 Å². The van der Waals surface area contributed by atoms with Crippen molar-refractivity contribution in [2.24, 2.45) is 0 Å². The highest BCUT2D eigenvalue weighted by Crippen LogP contribution is 2.31. The van der Waals surface area contributed by atoms with Crippen molar-refractivity contribution in [3.8, 4) is 0 Å². The number of amides is 3. The number of nitrogens with zero attached hydrogens (tertiary/aromatic N) is 1. The molecule has 39 heavy (non-hydrogen) atoms. The summed E-state index contributed by atoms with van der Waals surface area (Å²) in [4.78, 5) is 40.8. The molecule has 1 aliphatic rings. The lowest BCUT2D eigenvalue weighted by molar-refractivity contribution is -0.137. The van der Waals surface area contributed by atoms with E-state index in [1.54, 1.807) is 7.05 Å². The molecule has 0 spiro atoms. The maximum atomic E-state index is 13.5. The van der Waals surface area contributed by atoms with Gasteiger partial charge in [-0.2, -0.15) is 0 Å². The molecular weight excluding hydrogens is 504 g/mol. The van der Waals surface area contributed by atoms with Crippen LogP contribution in [0.2, 0.25) is 0 Å². The predicted octanol–water partition coefficient (Wildman–Crippen LogP) is 3.33. The van der Waals surface area contributed by atoms with E-state index in [1.807, 2.05) is 66.7 Å². The summed E-state index contributed by atoms with van der Waals surface area (Å²) >= 11 is 0. The Hall–Kier alpha value is -4.37. The summed E-state index contributed by atoms with van der Waals surface area (Å²) < 4.78 is 27.1. The lowest BCUT2D eigenvalue weighted by atomic mass is 9.88. The molecule has 3 amide bonds. The third kappa shape index (κ3) is 6.56. The minimum Gasteiger partial charge on any atom is -0.378 e. The van der Waals surface area contributed by atoms with Crippen molar-refractivity contribution in [1.82, 2.24) is 15.5 Å². The highest BCUT2D eigenvalue weighted by molar-refractivity contribution is 5.94. The summed E-state index contributed by atoms with van der Waals surface area (Å²) in [5.74, 6) is -4.40.